The van der Waals surface area contributed by atoms with E-state index in [1.54, 1.807) is 20.3 Å². The van der Waals surface area contributed by atoms with Gasteiger partial charge in [-0.05, 0) is 55.0 Å². The Kier molecular flexibility index (Phi) is 6.42. The van der Waals surface area contributed by atoms with E-state index >= 15 is 0 Å². The van der Waals surface area contributed by atoms with Crippen LogP contribution in [-0.4, -0.2) is 30.8 Å². The summed E-state index contributed by atoms with van der Waals surface area (Å²) in [6.07, 6.45) is 0. The second-order valence-corrected chi connectivity index (χ2v) is 7.05. The summed E-state index contributed by atoms with van der Waals surface area (Å²) < 4.78 is 16.1. The van der Waals surface area contributed by atoms with Crippen molar-refractivity contribution in [3.63, 3.8) is 0 Å². The molecule has 8 heteroatoms. The lowest BCUT2D eigenvalue weighted by Gasteiger charge is -2.12. The molecule has 0 aliphatic carbocycles. The van der Waals surface area contributed by atoms with Gasteiger partial charge in [-0.25, -0.2) is 9.97 Å². The van der Waals surface area contributed by atoms with Crippen molar-refractivity contribution in [3.8, 4) is 34.6 Å². The van der Waals surface area contributed by atoms with Crippen LogP contribution in [0.1, 0.15) is 5.56 Å². The van der Waals surface area contributed by atoms with E-state index in [4.69, 9.17) is 25.2 Å². The standard InChI is InChI=1S/C21H20N4O3S/c1-13-10-15(28-9-8-22)4-6-16(13)17-12-20(25-21(23)24-17)29-19-11-14(26-2)5-7-18(19)27-3/h4-7,10-12H,9H2,1-3H3,(H2,23,24,25). The molecular weight excluding hydrogens is 388 g/mol. The number of hydrogen-bond donors (Lipinski definition) is 1. The molecule has 0 radical (unpaired) electrons. The highest BCUT2D eigenvalue weighted by Crippen LogP contribution is 2.38. The summed E-state index contributed by atoms with van der Waals surface area (Å²) in [5.41, 5.74) is 8.53. The summed E-state index contributed by atoms with van der Waals surface area (Å²) in [6, 6.07) is 15.0. The van der Waals surface area contributed by atoms with Crippen LogP contribution in [-0.2, 0) is 0 Å². The first-order chi connectivity index (χ1) is 14.0. The second kappa shape index (κ2) is 9.17. The third-order valence-electron chi connectivity index (χ3n) is 4.08. The molecule has 0 unspecified atom stereocenters. The van der Waals surface area contributed by atoms with Crippen LogP contribution in [0.5, 0.6) is 17.2 Å². The summed E-state index contributed by atoms with van der Waals surface area (Å²) >= 11 is 1.41. The molecule has 0 spiro atoms. The van der Waals surface area contributed by atoms with Gasteiger partial charge in [-0.1, -0.05) is 11.8 Å². The van der Waals surface area contributed by atoms with Crippen molar-refractivity contribution in [1.82, 2.24) is 9.97 Å². The van der Waals surface area contributed by atoms with Gasteiger partial charge in [0.25, 0.3) is 0 Å². The molecule has 0 bridgehead atoms. The topological polar surface area (TPSA) is 103 Å². The highest BCUT2D eigenvalue weighted by Gasteiger charge is 2.13. The zero-order valence-electron chi connectivity index (χ0n) is 16.3. The van der Waals surface area contributed by atoms with Gasteiger partial charge in [0.05, 0.1) is 24.8 Å². The highest BCUT2D eigenvalue weighted by molar-refractivity contribution is 7.99. The number of rotatable bonds is 7. The van der Waals surface area contributed by atoms with E-state index in [0.717, 1.165) is 21.8 Å². The van der Waals surface area contributed by atoms with Crippen LogP contribution >= 0.6 is 11.8 Å². The molecule has 3 aromatic rings. The molecule has 3 rings (SSSR count). The minimum absolute atomic E-state index is 0.00238. The van der Waals surface area contributed by atoms with Crippen LogP contribution < -0.4 is 19.9 Å². The quantitative estimate of drug-likeness (QED) is 0.583. The maximum Gasteiger partial charge on any atom is 0.221 e. The van der Waals surface area contributed by atoms with Gasteiger partial charge < -0.3 is 19.9 Å². The number of aryl methyl sites for hydroxylation is 1. The minimum Gasteiger partial charge on any atom is -0.497 e. The van der Waals surface area contributed by atoms with Gasteiger partial charge in [0.1, 0.15) is 28.3 Å². The van der Waals surface area contributed by atoms with E-state index < -0.39 is 0 Å². The SMILES string of the molecule is COc1ccc(OC)c(Sc2cc(-c3ccc(OCC#N)cc3C)nc(N)n2)c1. The van der Waals surface area contributed by atoms with Gasteiger partial charge in [-0.3, -0.25) is 0 Å². The Balaban J connectivity index is 1.94. The lowest BCUT2D eigenvalue weighted by Crippen LogP contribution is -2.00. The molecule has 1 aromatic heterocycles. The van der Waals surface area contributed by atoms with E-state index in [9.17, 15) is 0 Å². The molecule has 0 fully saturated rings. The lowest BCUT2D eigenvalue weighted by molar-refractivity contribution is 0.368. The Morgan fingerprint density at radius 1 is 1.03 bits per heavy atom. The Morgan fingerprint density at radius 2 is 1.83 bits per heavy atom. The van der Waals surface area contributed by atoms with Crippen LogP contribution in [0.25, 0.3) is 11.3 Å². The lowest BCUT2D eigenvalue weighted by atomic mass is 10.1. The van der Waals surface area contributed by atoms with Crippen LogP contribution in [0, 0.1) is 18.3 Å². The molecule has 7 nitrogen and oxygen atoms in total. The van der Waals surface area contributed by atoms with Crippen molar-refractivity contribution in [2.24, 2.45) is 0 Å². The van der Waals surface area contributed by atoms with Gasteiger partial charge in [-0.15, -0.1) is 0 Å². The van der Waals surface area contributed by atoms with E-state index in [-0.39, 0.29) is 12.6 Å². The second-order valence-electron chi connectivity index (χ2n) is 5.99. The van der Waals surface area contributed by atoms with Crippen molar-refractivity contribution in [3.05, 3.63) is 48.0 Å². The van der Waals surface area contributed by atoms with Crippen molar-refractivity contribution >= 4 is 17.7 Å². The third kappa shape index (κ3) is 4.89. The van der Waals surface area contributed by atoms with Crippen molar-refractivity contribution < 1.29 is 14.2 Å². The summed E-state index contributed by atoms with van der Waals surface area (Å²) in [5, 5.41) is 9.34. The van der Waals surface area contributed by atoms with Gasteiger partial charge in [-0.2, -0.15) is 5.26 Å². The van der Waals surface area contributed by atoms with Crippen molar-refractivity contribution in [2.75, 3.05) is 26.6 Å². The maximum absolute atomic E-state index is 8.66. The van der Waals surface area contributed by atoms with E-state index in [1.807, 2.05) is 49.4 Å². The molecule has 2 N–H and O–H groups in total. The fraction of sp³-hybridized carbons (Fsp3) is 0.190. The number of benzene rings is 2. The predicted octanol–water partition coefficient (Wildman–Crippen LogP) is 4.11. The molecule has 0 amide bonds. The molecule has 1 heterocycles. The smallest absolute Gasteiger partial charge is 0.221 e. The number of nitriles is 1. The average molecular weight is 408 g/mol. The Bertz CT molecular complexity index is 1070. The predicted molar refractivity (Wildman–Crippen MR) is 111 cm³/mol. The first-order valence-corrected chi connectivity index (χ1v) is 9.51. The van der Waals surface area contributed by atoms with Crippen LogP contribution in [0.15, 0.2) is 52.4 Å². The molecular formula is C21H20N4O3S. The normalized spacial score (nSPS) is 10.3. The van der Waals surface area contributed by atoms with Crippen LogP contribution in [0.2, 0.25) is 0 Å². The molecule has 0 aliphatic rings. The van der Waals surface area contributed by atoms with E-state index in [1.165, 1.54) is 11.8 Å². The molecule has 148 valence electrons. The highest BCUT2D eigenvalue weighted by atomic mass is 32.2. The number of hydrogen-bond acceptors (Lipinski definition) is 8. The third-order valence-corrected chi connectivity index (χ3v) is 5.04. The Morgan fingerprint density at radius 3 is 2.52 bits per heavy atom. The minimum atomic E-state index is 0.00238. The summed E-state index contributed by atoms with van der Waals surface area (Å²) in [4.78, 5) is 9.58. The monoisotopic (exact) mass is 408 g/mol. The van der Waals surface area contributed by atoms with E-state index in [2.05, 4.69) is 9.97 Å². The number of methoxy groups -OCH3 is 2. The zero-order chi connectivity index (χ0) is 20.8. The van der Waals surface area contributed by atoms with Crippen molar-refractivity contribution in [1.29, 1.82) is 5.26 Å². The molecule has 2 aromatic carbocycles. The first kappa shape index (κ1) is 20.3. The zero-order valence-corrected chi connectivity index (χ0v) is 17.1. The number of nitrogens with two attached hydrogens (primary N) is 1. The van der Waals surface area contributed by atoms with Gasteiger partial charge >= 0.3 is 0 Å². The average Bonchev–Trinajstić information content (AvgIpc) is 2.71. The molecule has 29 heavy (non-hydrogen) atoms. The van der Waals surface area contributed by atoms with E-state index in [0.29, 0.717) is 22.2 Å². The summed E-state index contributed by atoms with van der Waals surface area (Å²) in [6.45, 7) is 1.95. The first-order valence-electron chi connectivity index (χ1n) is 8.69. The molecule has 0 saturated heterocycles. The number of ether oxygens (including phenoxy) is 3. The van der Waals surface area contributed by atoms with Gasteiger partial charge in [0.2, 0.25) is 5.95 Å². The molecule has 0 saturated carbocycles. The summed E-state index contributed by atoms with van der Waals surface area (Å²) in [7, 11) is 3.23. The van der Waals surface area contributed by atoms with Crippen molar-refractivity contribution in [2.45, 2.75) is 16.8 Å². The number of anilines is 1. The molecule has 0 atom stereocenters. The number of nitrogen functional groups attached to an aromatic ring is 1. The van der Waals surface area contributed by atoms with Crippen LogP contribution in [0.3, 0.4) is 0 Å². The number of nitrogens with zero attached hydrogens (tertiary/aromatic N) is 3. The fourth-order valence-electron chi connectivity index (χ4n) is 2.74. The Hall–Kier alpha value is -3.44. The summed E-state index contributed by atoms with van der Waals surface area (Å²) in [5.74, 6) is 2.24. The molecule has 0 aliphatic heterocycles. The van der Waals surface area contributed by atoms with Gasteiger partial charge in [0.15, 0.2) is 6.61 Å². The number of aromatic nitrogens is 2. The Labute approximate surface area is 173 Å². The largest absolute Gasteiger partial charge is 0.497 e. The van der Waals surface area contributed by atoms with Crippen LogP contribution in [0.4, 0.5) is 5.95 Å². The maximum atomic E-state index is 8.66. The van der Waals surface area contributed by atoms with Gasteiger partial charge in [0, 0.05) is 5.56 Å². The fourth-order valence-corrected chi connectivity index (χ4v) is 3.70.